The number of fused-ring (bicyclic) bond motifs is 2. The quantitative estimate of drug-likeness (QED) is 0.0835. The van der Waals surface area contributed by atoms with Crippen molar-refractivity contribution < 1.29 is 60.9 Å². The number of pyridine rings is 2. The first-order valence-corrected chi connectivity index (χ1v) is 15.2. The number of ketones is 2. The van der Waals surface area contributed by atoms with E-state index in [2.05, 4.69) is 43.2 Å². The number of nitrogens with one attached hydrogen (secondary N) is 2. The number of anilines is 2. The summed E-state index contributed by atoms with van der Waals surface area (Å²) >= 11 is 0. The summed E-state index contributed by atoms with van der Waals surface area (Å²) in [4.78, 5) is 27.9. The summed E-state index contributed by atoms with van der Waals surface area (Å²) in [6.45, 7) is 0.669. The van der Waals surface area contributed by atoms with E-state index in [9.17, 15) is 9.59 Å². The summed E-state index contributed by atoms with van der Waals surface area (Å²) < 4.78 is 3.79. The molecule has 0 unspecified atom stereocenters. The molecule has 1 aliphatic carbocycles. The minimum Gasteiger partial charge on any atom is -0.330 e. The Hall–Kier alpha value is -5.30. The molecule has 2 heterocycles. The molecule has 0 spiro atoms. The fraction of sp³-hybridized carbons (Fsp3) is 0.0526. The number of benzene rings is 4. The summed E-state index contributed by atoms with van der Waals surface area (Å²) in [7, 11) is 0. The summed E-state index contributed by atoms with van der Waals surface area (Å²) in [5, 5.41) is 23.9. The van der Waals surface area contributed by atoms with E-state index in [4.69, 9.17) is 0 Å². The zero-order chi connectivity index (χ0) is 32.7. The Labute approximate surface area is 317 Å². The normalized spacial score (nSPS) is 11.8. The number of carbonyl (C=O) groups is 2. The van der Waals surface area contributed by atoms with Gasteiger partial charge in [0, 0.05) is 65.4 Å². The molecule has 0 radical (unpaired) electrons. The number of nitrogens with zero attached hydrogens (tertiary/aromatic N) is 6. The van der Waals surface area contributed by atoms with Crippen LogP contribution in [0.2, 0.25) is 0 Å². The van der Waals surface area contributed by atoms with Gasteiger partial charge in [-0.2, -0.15) is 55.8 Å². The van der Waals surface area contributed by atoms with Crippen LogP contribution in [0.1, 0.15) is 31.8 Å². The third-order valence-corrected chi connectivity index (χ3v) is 7.62. The van der Waals surface area contributed by atoms with Crippen LogP contribution in [0.3, 0.4) is 0 Å². The third kappa shape index (κ3) is 8.28. The van der Waals surface area contributed by atoms with Gasteiger partial charge >= 0.3 is 0 Å². The van der Waals surface area contributed by atoms with E-state index in [1.54, 1.807) is 48.5 Å². The zero-order valence-electron chi connectivity index (χ0n) is 26.4. The van der Waals surface area contributed by atoms with Crippen LogP contribution in [-0.2, 0) is 55.5 Å². The molecule has 1 aliphatic rings. The van der Waals surface area contributed by atoms with Crippen LogP contribution in [0.4, 0.5) is 34.1 Å². The first-order valence-electron chi connectivity index (χ1n) is 15.2. The van der Waals surface area contributed by atoms with Crippen molar-refractivity contribution in [2.75, 3.05) is 10.6 Å². The molecule has 10 nitrogen and oxygen atoms in total. The van der Waals surface area contributed by atoms with E-state index < -0.39 is 0 Å². The van der Waals surface area contributed by atoms with Gasteiger partial charge in [0.15, 0.2) is 36.4 Å². The van der Waals surface area contributed by atoms with E-state index in [-0.39, 0.29) is 53.7 Å². The average molecular weight is 996 g/mol. The van der Waals surface area contributed by atoms with Gasteiger partial charge in [-0.25, -0.2) is 0 Å². The second-order valence-corrected chi connectivity index (χ2v) is 10.9. The molecule has 12 heteroatoms. The second-order valence-electron chi connectivity index (χ2n) is 10.9. The van der Waals surface area contributed by atoms with Crippen LogP contribution in [0.15, 0.2) is 154 Å². The van der Waals surface area contributed by atoms with Crippen molar-refractivity contribution in [3.05, 3.63) is 168 Å². The predicted octanol–water partition coefficient (Wildman–Crippen LogP) is 7.60. The maximum Gasteiger partial charge on any atom is 0.221 e. The topological polar surface area (TPSA) is 115 Å². The summed E-state index contributed by atoms with van der Waals surface area (Å²) in [6, 6.07) is 38.4. The monoisotopic (exact) mass is 996 g/mol. The van der Waals surface area contributed by atoms with Crippen LogP contribution in [0.5, 0.6) is 0 Å². The summed E-state index contributed by atoms with van der Waals surface area (Å²) in [5.74, 6) is -0.430. The number of hydrogen-bond donors (Lipinski definition) is 2. The summed E-state index contributed by atoms with van der Waals surface area (Å²) in [6.07, 6.45) is 7.47. The van der Waals surface area contributed by atoms with Crippen molar-refractivity contribution in [3.8, 4) is 0 Å². The number of carbonyl (C=O) groups excluding carboxylic acids is 2. The van der Waals surface area contributed by atoms with Gasteiger partial charge in [-0.3, -0.25) is 9.59 Å². The number of aromatic nitrogens is 2. The van der Waals surface area contributed by atoms with Crippen molar-refractivity contribution in [1.82, 2.24) is 0 Å². The maximum absolute atomic E-state index is 14.2. The van der Waals surface area contributed by atoms with E-state index in [1.165, 1.54) is 0 Å². The van der Waals surface area contributed by atoms with Crippen LogP contribution in [0, 0.1) is 12.1 Å². The molecule has 2 N–H and O–H groups in total. The Balaban J connectivity index is 0.00000243. The molecular weight excluding hydrogens is 968 g/mol. The Bertz CT molecular complexity index is 2040. The van der Waals surface area contributed by atoms with Crippen molar-refractivity contribution >= 4 is 45.7 Å². The molecule has 0 atom stereocenters. The largest absolute Gasteiger partial charge is 0.330 e. The molecule has 4 aromatic carbocycles. The first-order chi connectivity index (χ1) is 23.6. The van der Waals surface area contributed by atoms with Crippen molar-refractivity contribution in [2.45, 2.75) is 13.3 Å². The minimum atomic E-state index is -0.230. The standard InChI is InChI=1S/C38H28N8O2.2W/c47-37-31-17-7-19-33(39-25-45-21-9-15-29(23-45)43-41-27-11-3-1-4-12-27)35(31)38(48)36-32(37)18-8-20-34(36)40-26-46-22-10-16-30(24-46)44-42-28-13-5-2-6-14-28;;/h3-24,39-40H,25-26H2;;. The Kier molecular flexibility index (Phi) is 12.1. The fourth-order valence-electron chi connectivity index (χ4n) is 5.34. The van der Waals surface area contributed by atoms with Gasteiger partial charge < -0.3 is 10.6 Å². The Morgan fingerprint density at radius 2 is 0.920 bits per heavy atom. The fourth-order valence-corrected chi connectivity index (χ4v) is 5.34. The van der Waals surface area contributed by atoms with Crippen LogP contribution >= 0.6 is 0 Å². The van der Waals surface area contributed by atoms with Gasteiger partial charge in [-0.1, -0.05) is 24.3 Å². The molecule has 0 aliphatic heterocycles. The Morgan fingerprint density at radius 3 is 1.36 bits per heavy atom. The second kappa shape index (κ2) is 16.9. The smallest absolute Gasteiger partial charge is 0.221 e. The molecule has 7 rings (SSSR count). The van der Waals surface area contributed by atoms with E-state index >= 15 is 0 Å². The van der Waals surface area contributed by atoms with Gasteiger partial charge in [-0.15, -0.1) is 34.5 Å². The van der Waals surface area contributed by atoms with Gasteiger partial charge in [0.1, 0.15) is 11.4 Å². The SMILES string of the molecule is O=C1c2cccc(NC[n+]3cccc(N=Nc4cc[c-]cc4)c3)c2C(=O)c2c(NC[n+]3cccc(N=Nc4cc[c-]cc4)c3)cccc21.[W].[W]. The maximum atomic E-state index is 14.2. The molecule has 244 valence electrons. The van der Waals surface area contributed by atoms with Crippen LogP contribution in [0.25, 0.3) is 0 Å². The summed E-state index contributed by atoms with van der Waals surface area (Å²) in [5.41, 5.74) is 5.34. The average Bonchev–Trinajstić information content (AvgIpc) is 3.14. The molecule has 50 heavy (non-hydrogen) atoms. The van der Waals surface area contributed by atoms with E-state index in [0.29, 0.717) is 58.3 Å². The van der Waals surface area contributed by atoms with Gasteiger partial charge in [0.2, 0.25) is 13.3 Å². The number of azo groups is 2. The molecule has 2 aromatic heterocycles. The molecule has 0 fully saturated rings. The van der Waals surface area contributed by atoms with E-state index in [0.717, 1.165) is 11.4 Å². The first kappa shape index (κ1) is 36.0. The van der Waals surface area contributed by atoms with E-state index in [1.807, 2.05) is 94.6 Å². The molecular formula is C38H28N8O2W2. The molecule has 0 saturated heterocycles. The van der Waals surface area contributed by atoms with Crippen molar-refractivity contribution in [2.24, 2.45) is 20.5 Å². The molecule has 0 amide bonds. The molecule has 0 bridgehead atoms. The molecule has 0 saturated carbocycles. The van der Waals surface area contributed by atoms with Crippen molar-refractivity contribution in [1.29, 1.82) is 0 Å². The predicted molar refractivity (Wildman–Crippen MR) is 179 cm³/mol. The van der Waals surface area contributed by atoms with Gasteiger partial charge in [0.25, 0.3) is 0 Å². The number of hydrogen-bond acceptors (Lipinski definition) is 8. The van der Waals surface area contributed by atoms with Crippen LogP contribution < -0.4 is 19.8 Å². The minimum absolute atomic E-state index is 0. The van der Waals surface area contributed by atoms with Crippen molar-refractivity contribution in [3.63, 3.8) is 0 Å². The Morgan fingerprint density at radius 1 is 0.500 bits per heavy atom. The van der Waals surface area contributed by atoms with Gasteiger partial charge in [-0.05, 0) is 35.6 Å². The van der Waals surface area contributed by atoms with Gasteiger partial charge in [0.05, 0.1) is 22.5 Å². The van der Waals surface area contributed by atoms with Crippen LogP contribution in [-0.4, -0.2) is 11.6 Å². The third-order valence-electron chi connectivity index (χ3n) is 7.62. The number of rotatable bonds is 10. The zero-order valence-corrected chi connectivity index (χ0v) is 32.3. The molecule has 6 aromatic rings.